The van der Waals surface area contributed by atoms with E-state index in [0.717, 1.165) is 15.8 Å². The van der Waals surface area contributed by atoms with Crippen molar-refractivity contribution >= 4 is 21.9 Å². The Bertz CT molecular complexity index is 908. The number of ether oxygens (including phenoxy) is 4. The van der Waals surface area contributed by atoms with Crippen LogP contribution in [0.4, 0.5) is 0 Å². The maximum Gasteiger partial charge on any atom is 0.333 e. The van der Waals surface area contributed by atoms with Crippen molar-refractivity contribution in [1.82, 2.24) is 0 Å². The van der Waals surface area contributed by atoms with Crippen LogP contribution >= 0.6 is 15.9 Å². The molecule has 0 radical (unpaired) electrons. The summed E-state index contributed by atoms with van der Waals surface area (Å²) >= 11 is 3.47. The third kappa shape index (κ3) is 7.59. The molecule has 0 fully saturated rings. The molecule has 1 aromatic rings. The summed E-state index contributed by atoms with van der Waals surface area (Å²) in [7, 11) is 3.25. The number of hydrogen-bond acceptors (Lipinski definition) is 5. The van der Waals surface area contributed by atoms with Gasteiger partial charge in [-0.05, 0) is 64.9 Å². The Kier molecular flexibility index (Phi) is 9.86. The van der Waals surface area contributed by atoms with E-state index in [4.69, 9.17) is 18.9 Å². The molecule has 0 amide bonds. The van der Waals surface area contributed by atoms with Crippen LogP contribution in [0.25, 0.3) is 0 Å². The van der Waals surface area contributed by atoms with Gasteiger partial charge >= 0.3 is 5.97 Å². The Balaban J connectivity index is 1.91. The number of rotatable bonds is 10. The van der Waals surface area contributed by atoms with Crippen molar-refractivity contribution in [2.24, 2.45) is 0 Å². The first-order valence-electron chi connectivity index (χ1n) is 9.84. The minimum absolute atomic E-state index is 0.285. The van der Waals surface area contributed by atoms with Crippen LogP contribution in [0.3, 0.4) is 0 Å². The van der Waals surface area contributed by atoms with Gasteiger partial charge in [-0.1, -0.05) is 24.0 Å². The zero-order chi connectivity index (χ0) is 22.7. The van der Waals surface area contributed by atoms with Gasteiger partial charge in [-0.2, -0.15) is 0 Å². The topological polar surface area (TPSA) is 74.2 Å². The lowest BCUT2D eigenvalue weighted by molar-refractivity contribution is -0.149. The Hall–Kier alpha value is -2.53. The number of hydrogen-bond donors (Lipinski definition) is 1. The summed E-state index contributed by atoms with van der Waals surface area (Å²) in [6.45, 7) is 2.46. The number of carbonyl (C=O) groups is 1. The molecule has 31 heavy (non-hydrogen) atoms. The molecule has 6 nitrogen and oxygen atoms in total. The fourth-order valence-electron chi connectivity index (χ4n) is 2.93. The molecule has 0 heterocycles. The highest BCUT2D eigenvalue weighted by Crippen LogP contribution is 2.27. The van der Waals surface area contributed by atoms with E-state index >= 15 is 0 Å². The predicted octanol–water partition coefficient (Wildman–Crippen LogP) is 4.30. The van der Waals surface area contributed by atoms with Crippen LogP contribution < -0.4 is 4.74 Å². The average Bonchev–Trinajstić information content (AvgIpc) is 2.77. The van der Waals surface area contributed by atoms with Crippen molar-refractivity contribution in [1.29, 1.82) is 0 Å². The fourth-order valence-corrected chi connectivity index (χ4v) is 3.48. The van der Waals surface area contributed by atoms with Crippen molar-refractivity contribution in [2.45, 2.75) is 31.5 Å². The SMILES string of the molecule is CCO[C@@H](Cc1ccc(OC/C=C/C#CC2(OC)C=CC=C(OC)C2)c(Br)c1)C(=O)O. The normalized spacial score (nSPS) is 18.8. The maximum atomic E-state index is 11.2. The smallest absolute Gasteiger partial charge is 0.333 e. The fraction of sp³-hybridized carbons (Fsp3) is 0.375. The van der Waals surface area contributed by atoms with Crippen LogP contribution in [0, 0.1) is 11.8 Å². The quantitative estimate of drug-likeness (QED) is 0.493. The number of carboxylic acids is 1. The van der Waals surface area contributed by atoms with Gasteiger partial charge in [0.1, 0.15) is 12.4 Å². The van der Waals surface area contributed by atoms with Gasteiger partial charge in [-0.15, -0.1) is 0 Å². The van der Waals surface area contributed by atoms with E-state index < -0.39 is 17.7 Å². The number of benzene rings is 1. The van der Waals surface area contributed by atoms with Crippen LogP contribution in [0.15, 0.2) is 58.8 Å². The van der Waals surface area contributed by atoms with Crippen LogP contribution in [0.1, 0.15) is 18.9 Å². The van der Waals surface area contributed by atoms with Gasteiger partial charge in [0.15, 0.2) is 11.7 Å². The Labute approximate surface area is 191 Å². The van der Waals surface area contributed by atoms with Crippen molar-refractivity contribution in [2.75, 3.05) is 27.4 Å². The highest BCUT2D eigenvalue weighted by atomic mass is 79.9. The molecular weight excluding hydrogens is 464 g/mol. The van der Waals surface area contributed by atoms with Crippen LogP contribution in [0.2, 0.25) is 0 Å². The molecule has 7 heteroatoms. The molecule has 0 aliphatic heterocycles. The summed E-state index contributed by atoms with van der Waals surface area (Å²) in [5.41, 5.74) is 0.149. The third-order valence-electron chi connectivity index (χ3n) is 4.59. The zero-order valence-electron chi connectivity index (χ0n) is 17.9. The first-order valence-corrected chi connectivity index (χ1v) is 10.6. The molecule has 1 unspecified atom stereocenters. The van der Waals surface area contributed by atoms with E-state index in [-0.39, 0.29) is 6.42 Å². The highest BCUT2D eigenvalue weighted by Gasteiger charge is 2.28. The molecule has 0 spiro atoms. The molecule has 166 valence electrons. The summed E-state index contributed by atoms with van der Waals surface area (Å²) in [5.74, 6) is 6.60. The summed E-state index contributed by atoms with van der Waals surface area (Å²) in [4.78, 5) is 11.2. The average molecular weight is 491 g/mol. The number of halogens is 1. The maximum absolute atomic E-state index is 11.2. The molecule has 1 N–H and O–H groups in total. The standard InChI is InChI=1S/C24H27BrO6/c1-4-30-22(23(26)27)16-18-10-11-21(20(25)15-18)31-14-7-5-6-12-24(29-3)13-8-9-19(17-24)28-2/h5,7-11,13,15,22H,4,14,16-17H2,1-3H3,(H,26,27)/b7-5+/t22-,24?/m0/s1. The zero-order valence-corrected chi connectivity index (χ0v) is 19.5. The summed E-state index contributed by atoms with van der Waals surface area (Å²) in [5, 5.41) is 9.22. The van der Waals surface area contributed by atoms with E-state index in [1.807, 2.05) is 36.4 Å². The first kappa shape index (κ1) is 24.7. The lowest BCUT2D eigenvalue weighted by Crippen LogP contribution is -2.29. The number of aliphatic carboxylic acids is 1. The van der Waals surface area contributed by atoms with Crippen molar-refractivity contribution in [3.8, 4) is 17.6 Å². The Morgan fingerprint density at radius 1 is 1.39 bits per heavy atom. The molecule has 0 saturated heterocycles. The summed E-state index contributed by atoms with van der Waals surface area (Å²) < 4.78 is 22.6. The van der Waals surface area contributed by atoms with Gasteiger partial charge in [0, 0.05) is 26.6 Å². The largest absolute Gasteiger partial charge is 0.501 e. The highest BCUT2D eigenvalue weighted by molar-refractivity contribution is 9.10. The number of carboxylic acid groups (broad SMARTS) is 1. The first-order chi connectivity index (χ1) is 14.9. The van der Waals surface area contributed by atoms with Crippen molar-refractivity contribution in [3.05, 3.63) is 64.4 Å². The minimum atomic E-state index is -0.974. The van der Waals surface area contributed by atoms with Crippen LogP contribution in [-0.2, 0) is 25.4 Å². The van der Waals surface area contributed by atoms with Crippen LogP contribution in [-0.4, -0.2) is 50.2 Å². The number of methoxy groups -OCH3 is 2. The summed E-state index contributed by atoms with van der Waals surface area (Å²) in [6.07, 6.45) is 9.19. The van der Waals surface area contributed by atoms with E-state index in [1.165, 1.54) is 0 Å². The molecule has 0 bridgehead atoms. The molecule has 1 aliphatic rings. The molecule has 1 aliphatic carbocycles. The van der Waals surface area contributed by atoms with E-state index in [1.54, 1.807) is 33.3 Å². The number of allylic oxidation sites excluding steroid dienone is 3. The van der Waals surface area contributed by atoms with Gasteiger partial charge in [-0.25, -0.2) is 4.79 Å². The van der Waals surface area contributed by atoms with Gasteiger partial charge in [0.2, 0.25) is 0 Å². The molecule has 0 aromatic heterocycles. The van der Waals surface area contributed by atoms with Crippen molar-refractivity contribution in [3.63, 3.8) is 0 Å². The van der Waals surface area contributed by atoms with E-state index in [0.29, 0.717) is 25.4 Å². The minimum Gasteiger partial charge on any atom is -0.501 e. The third-order valence-corrected chi connectivity index (χ3v) is 5.21. The van der Waals surface area contributed by atoms with Gasteiger partial charge < -0.3 is 24.1 Å². The van der Waals surface area contributed by atoms with Gasteiger partial charge in [-0.3, -0.25) is 0 Å². The predicted molar refractivity (Wildman–Crippen MR) is 122 cm³/mol. The van der Waals surface area contributed by atoms with Crippen LogP contribution in [0.5, 0.6) is 5.75 Å². The van der Waals surface area contributed by atoms with E-state index in [2.05, 4.69) is 27.8 Å². The lowest BCUT2D eigenvalue weighted by Gasteiger charge is -2.26. The molecule has 2 atom stereocenters. The second-order valence-electron chi connectivity index (χ2n) is 6.70. The monoisotopic (exact) mass is 490 g/mol. The second-order valence-corrected chi connectivity index (χ2v) is 7.55. The molecule has 2 rings (SSSR count). The molecule has 1 aromatic carbocycles. The van der Waals surface area contributed by atoms with Crippen molar-refractivity contribution < 1.29 is 28.8 Å². The lowest BCUT2D eigenvalue weighted by atomic mass is 9.94. The Morgan fingerprint density at radius 2 is 2.19 bits per heavy atom. The van der Waals surface area contributed by atoms with Gasteiger partial charge in [0.05, 0.1) is 17.3 Å². The van der Waals surface area contributed by atoms with E-state index in [9.17, 15) is 9.90 Å². The molecule has 0 saturated carbocycles. The molecular formula is C24H27BrO6. The Morgan fingerprint density at radius 3 is 2.84 bits per heavy atom. The van der Waals surface area contributed by atoms with Gasteiger partial charge in [0.25, 0.3) is 0 Å². The second kappa shape index (κ2) is 12.4. The summed E-state index contributed by atoms with van der Waals surface area (Å²) in [6, 6.07) is 5.47.